The highest BCUT2D eigenvalue weighted by Gasteiger charge is 2.18. The molecule has 0 spiro atoms. The molecule has 4 aromatic carbocycles. The Hall–Kier alpha value is -4.37. The molecule has 5 rings (SSSR count). The van der Waals surface area contributed by atoms with Crippen molar-refractivity contribution in [1.29, 1.82) is 0 Å². The van der Waals surface area contributed by atoms with Crippen LogP contribution in [-0.2, 0) is 6.61 Å². The third-order valence-corrected chi connectivity index (χ3v) is 7.14. The van der Waals surface area contributed by atoms with Gasteiger partial charge in [-0.25, -0.2) is 4.98 Å². The highest BCUT2D eigenvalue weighted by atomic mass is 79.9. The zero-order valence-corrected chi connectivity index (χ0v) is 23.0. The molecule has 0 amide bonds. The van der Waals surface area contributed by atoms with E-state index in [4.69, 9.17) is 9.72 Å². The average Bonchev–Trinajstić information content (AvgIpc) is 2.95. The molecule has 1 aromatic heterocycles. The van der Waals surface area contributed by atoms with Crippen molar-refractivity contribution in [1.82, 2.24) is 9.66 Å². The van der Waals surface area contributed by atoms with Crippen molar-refractivity contribution in [3.63, 3.8) is 0 Å². The number of ether oxygens (including phenoxy) is 1. The second kappa shape index (κ2) is 11.2. The Morgan fingerprint density at radius 3 is 2.67 bits per heavy atom. The van der Waals surface area contributed by atoms with E-state index in [1.165, 1.54) is 17.0 Å². The van der Waals surface area contributed by atoms with E-state index in [1.807, 2.05) is 62.4 Å². The standard InChI is InChI=1S/C30H25BrN4O4/c1-3-19(2)29-33-26-13-12-23(31)16-25(26)30(36)34(29)32-17-20-11-14-28(27(15-20)35(37)38)39-18-22-9-6-8-21-7-4-5-10-24(21)22/h4-17,19H,3,18H2,1-2H3/t19-/m0/s1. The summed E-state index contributed by atoms with van der Waals surface area (Å²) in [6.07, 6.45) is 2.19. The number of halogens is 1. The molecule has 196 valence electrons. The lowest BCUT2D eigenvalue weighted by molar-refractivity contribution is -0.385. The van der Waals surface area contributed by atoms with Crippen LogP contribution < -0.4 is 10.3 Å². The van der Waals surface area contributed by atoms with Gasteiger partial charge in [0.05, 0.1) is 22.0 Å². The summed E-state index contributed by atoms with van der Waals surface area (Å²) in [5.41, 5.74) is 1.48. The van der Waals surface area contributed by atoms with Gasteiger partial charge in [-0.05, 0) is 53.1 Å². The Morgan fingerprint density at radius 2 is 1.87 bits per heavy atom. The first kappa shape index (κ1) is 26.2. The third-order valence-electron chi connectivity index (χ3n) is 6.65. The van der Waals surface area contributed by atoms with Crippen LogP contribution in [0.5, 0.6) is 5.75 Å². The first-order valence-electron chi connectivity index (χ1n) is 12.5. The molecular weight excluding hydrogens is 560 g/mol. The number of benzene rings is 4. The van der Waals surface area contributed by atoms with Crippen LogP contribution in [0, 0.1) is 10.1 Å². The van der Waals surface area contributed by atoms with Crippen LogP contribution >= 0.6 is 15.9 Å². The van der Waals surface area contributed by atoms with Gasteiger partial charge in [0.15, 0.2) is 5.75 Å². The van der Waals surface area contributed by atoms with Gasteiger partial charge in [-0.3, -0.25) is 14.9 Å². The summed E-state index contributed by atoms with van der Waals surface area (Å²) >= 11 is 3.41. The van der Waals surface area contributed by atoms with Gasteiger partial charge in [-0.2, -0.15) is 9.78 Å². The van der Waals surface area contributed by atoms with Crippen LogP contribution in [0.3, 0.4) is 0 Å². The molecule has 1 heterocycles. The first-order chi connectivity index (χ1) is 18.9. The molecular formula is C30H25BrN4O4. The maximum atomic E-state index is 13.3. The van der Waals surface area contributed by atoms with Crippen LogP contribution in [0.4, 0.5) is 5.69 Å². The van der Waals surface area contributed by atoms with E-state index in [9.17, 15) is 14.9 Å². The second-order valence-electron chi connectivity index (χ2n) is 9.21. The molecule has 0 saturated heterocycles. The fourth-order valence-electron chi connectivity index (χ4n) is 4.36. The number of hydrogen-bond donors (Lipinski definition) is 0. The Labute approximate surface area is 232 Å². The Kier molecular flexibility index (Phi) is 7.51. The number of nitrogens with zero attached hydrogens (tertiary/aromatic N) is 4. The monoisotopic (exact) mass is 584 g/mol. The van der Waals surface area contributed by atoms with E-state index in [2.05, 4.69) is 21.0 Å². The normalized spacial score (nSPS) is 12.3. The van der Waals surface area contributed by atoms with Crippen molar-refractivity contribution < 1.29 is 9.66 Å². The van der Waals surface area contributed by atoms with Crippen molar-refractivity contribution in [3.05, 3.63) is 121 Å². The molecule has 0 N–H and O–H groups in total. The molecule has 0 aliphatic heterocycles. The largest absolute Gasteiger partial charge is 0.482 e. The molecule has 5 aromatic rings. The van der Waals surface area contributed by atoms with Crippen molar-refractivity contribution in [2.45, 2.75) is 32.8 Å². The fourth-order valence-corrected chi connectivity index (χ4v) is 4.72. The molecule has 0 aliphatic carbocycles. The average molecular weight is 585 g/mol. The summed E-state index contributed by atoms with van der Waals surface area (Å²) in [4.78, 5) is 29.5. The minimum atomic E-state index is -0.484. The molecule has 0 saturated carbocycles. The SMILES string of the molecule is CC[C@H](C)c1nc2ccc(Br)cc2c(=O)n1N=Cc1ccc(OCc2cccc3ccccc23)c([N+](=O)[O-])c1. The maximum absolute atomic E-state index is 13.3. The minimum Gasteiger partial charge on any atom is -0.482 e. The summed E-state index contributed by atoms with van der Waals surface area (Å²) in [5.74, 6) is 0.653. The van der Waals surface area contributed by atoms with E-state index in [-0.39, 0.29) is 29.5 Å². The van der Waals surface area contributed by atoms with Gasteiger partial charge in [0.1, 0.15) is 12.4 Å². The number of nitro groups is 1. The number of hydrogen-bond acceptors (Lipinski definition) is 6. The summed E-state index contributed by atoms with van der Waals surface area (Å²) in [6, 6.07) is 23.8. The van der Waals surface area contributed by atoms with E-state index in [1.54, 1.807) is 24.3 Å². The quantitative estimate of drug-likeness (QED) is 0.109. The van der Waals surface area contributed by atoms with Gasteiger partial charge in [-0.1, -0.05) is 72.2 Å². The van der Waals surface area contributed by atoms with Gasteiger partial charge < -0.3 is 4.74 Å². The molecule has 0 fully saturated rings. The fraction of sp³-hybridized carbons (Fsp3) is 0.167. The van der Waals surface area contributed by atoms with Crippen molar-refractivity contribution in [3.8, 4) is 5.75 Å². The van der Waals surface area contributed by atoms with E-state index in [0.29, 0.717) is 22.3 Å². The maximum Gasteiger partial charge on any atom is 0.311 e. The molecule has 0 unspecified atom stereocenters. The van der Waals surface area contributed by atoms with E-state index < -0.39 is 4.92 Å². The molecule has 0 radical (unpaired) electrons. The zero-order chi connectivity index (χ0) is 27.5. The van der Waals surface area contributed by atoms with Crippen molar-refractivity contribution in [2.75, 3.05) is 0 Å². The lowest BCUT2D eigenvalue weighted by Crippen LogP contribution is -2.23. The van der Waals surface area contributed by atoms with Crippen LogP contribution in [0.1, 0.15) is 43.1 Å². The van der Waals surface area contributed by atoms with E-state index >= 15 is 0 Å². The van der Waals surface area contributed by atoms with Gasteiger partial charge in [-0.15, -0.1) is 0 Å². The highest BCUT2D eigenvalue weighted by Crippen LogP contribution is 2.29. The van der Waals surface area contributed by atoms with Crippen LogP contribution in [0.2, 0.25) is 0 Å². The van der Waals surface area contributed by atoms with Gasteiger partial charge >= 0.3 is 5.69 Å². The summed E-state index contributed by atoms with van der Waals surface area (Å²) in [6.45, 7) is 4.17. The molecule has 0 bridgehead atoms. The lowest BCUT2D eigenvalue weighted by atomic mass is 10.1. The van der Waals surface area contributed by atoms with E-state index in [0.717, 1.165) is 27.2 Å². The number of rotatable bonds is 8. The number of aromatic nitrogens is 2. The summed E-state index contributed by atoms with van der Waals surface area (Å²) in [7, 11) is 0. The Balaban J connectivity index is 1.48. The van der Waals surface area contributed by atoms with Crippen LogP contribution in [-0.4, -0.2) is 20.8 Å². The number of nitro benzene ring substituents is 1. The van der Waals surface area contributed by atoms with Crippen molar-refractivity contribution >= 4 is 49.5 Å². The van der Waals surface area contributed by atoms with Crippen LogP contribution in [0.25, 0.3) is 21.7 Å². The second-order valence-corrected chi connectivity index (χ2v) is 10.1. The first-order valence-corrected chi connectivity index (χ1v) is 13.3. The predicted octanol–water partition coefficient (Wildman–Crippen LogP) is 7.20. The molecule has 8 nitrogen and oxygen atoms in total. The van der Waals surface area contributed by atoms with Gasteiger partial charge in [0.2, 0.25) is 0 Å². The third kappa shape index (κ3) is 5.44. The Bertz CT molecular complexity index is 1790. The van der Waals surface area contributed by atoms with Crippen molar-refractivity contribution in [2.24, 2.45) is 5.10 Å². The zero-order valence-electron chi connectivity index (χ0n) is 21.4. The van der Waals surface area contributed by atoms with Crippen LogP contribution in [0.15, 0.2) is 93.2 Å². The van der Waals surface area contributed by atoms with Gasteiger partial charge in [0, 0.05) is 22.0 Å². The molecule has 1 atom stereocenters. The molecule has 9 heteroatoms. The topological polar surface area (TPSA) is 99.6 Å². The Morgan fingerprint density at radius 1 is 1.08 bits per heavy atom. The number of fused-ring (bicyclic) bond motifs is 2. The predicted molar refractivity (Wildman–Crippen MR) is 157 cm³/mol. The molecule has 0 aliphatic rings. The summed E-state index contributed by atoms with van der Waals surface area (Å²) < 4.78 is 7.94. The summed E-state index contributed by atoms with van der Waals surface area (Å²) in [5, 5.41) is 18.9. The lowest BCUT2D eigenvalue weighted by Gasteiger charge is -2.14. The molecule has 39 heavy (non-hydrogen) atoms. The smallest absolute Gasteiger partial charge is 0.311 e. The highest BCUT2D eigenvalue weighted by molar-refractivity contribution is 9.10. The van der Waals surface area contributed by atoms with Gasteiger partial charge in [0.25, 0.3) is 5.56 Å². The minimum absolute atomic E-state index is 0.0259.